The van der Waals surface area contributed by atoms with Crippen molar-refractivity contribution >= 4 is 41.0 Å². The fourth-order valence-corrected chi connectivity index (χ4v) is 2.94. The van der Waals surface area contributed by atoms with E-state index < -0.39 is 0 Å². The highest BCUT2D eigenvalue weighted by atomic mass is 35.5. The fourth-order valence-electron chi connectivity index (χ4n) is 2.48. The number of hydrazone groups is 1. The van der Waals surface area contributed by atoms with E-state index in [1.165, 1.54) is 0 Å². The number of hydrogen-bond acceptors (Lipinski definition) is 4. The van der Waals surface area contributed by atoms with Crippen molar-refractivity contribution in [2.45, 2.75) is 6.54 Å². The third-order valence-corrected chi connectivity index (χ3v) is 4.60. The second kappa shape index (κ2) is 8.91. The van der Waals surface area contributed by atoms with E-state index in [-0.39, 0.29) is 11.6 Å². The van der Waals surface area contributed by atoms with Crippen molar-refractivity contribution in [2.75, 3.05) is 19.0 Å². The van der Waals surface area contributed by atoms with Gasteiger partial charge in [0.15, 0.2) is 5.69 Å². The molecule has 1 aromatic heterocycles. The Morgan fingerprint density at radius 3 is 2.61 bits per heavy atom. The molecule has 0 aliphatic rings. The average Bonchev–Trinajstić information content (AvgIpc) is 3.13. The number of carbonyl (C=O) groups excluding carboxylic acids is 1. The van der Waals surface area contributed by atoms with E-state index in [2.05, 4.69) is 15.6 Å². The molecule has 2 aromatic carbocycles. The molecule has 0 spiro atoms. The lowest BCUT2D eigenvalue weighted by Crippen LogP contribution is -2.18. The first-order chi connectivity index (χ1) is 13.4. The smallest absolute Gasteiger partial charge is 0.291 e. The summed E-state index contributed by atoms with van der Waals surface area (Å²) in [5.74, 6) is -0.387. The van der Waals surface area contributed by atoms with Crippen LogP contribution >= 0.6 is 23.2 Å². The van der Waals surface area contributed by atoms with Crippen LogP contribution in [-0.4, -0.2) is 36.0 Å². The van der Waals surface area contributed by atoms with Crippen LogP contribution in [0.4, 0.5) is 5.69 Å². The van der Waals surface area contributed by atoms with E-state index in [0.29, 0.717) is 16.6 Å². The van der Waals surface area contributed by atoms with Gasteiger partial charge in [-0.3, -0.25) is 9.48 Å². The van der Waals surface area contributed by atoms with Crippen LogP contribution in [0, 0.1) is 0 Å². The zero-order valence-corrected chi connectivity index (χ0v) is 16.9. The molecule has 0 bridgehead atoms. The Kier molecular flexibility index (Phi) is 6.34. The molecule has 1 heterocycles. The standard InChI is InChI=1S/C20H19Cl2N5O/c1-26(2)17-7-3-14(4-8-17)12-23-24-20(28)19-9-10-27(25-19)13-15-5-6-16(21)11-18(15)22/h3-12H,13H2,1-2H3,(H,24,28)/b23-12+. The highest BCUT2D eigenvalue weighted by Gasteiger charge is 2.10. The molecular weight excluding hydrogens is 397 g/mol. The minimum Gasteiger partial charge on any atom is -0.378 e. The highest BCUT2D eigenvalue weighted by Crippen LogP contribution is 2.21. The number of rotatable bonds is 6. The Morgan fingerprint density at radius 1 is 1.18 bits per heavy atom. The maximum atomic E-state index is 12.2. The zero-order valence-electron chi connectivity index (χ0n) is 15.4. The first kappa shape index (κ1) is 19.9. The van der Waals surface area contributed by atoms with Crippen molar-refractivity contribution in [2.24, 2.45) is 5.10 Å². The first-order valence-electron chi connectivity index (χ1n) is 8.50. The predicted octanol–water partition coefficient (Wildman–Crippen LogP) is 4.07. The second-order valence-corrected chi connectivity index (χ2v) is 7.16. The molecule has 0 saturated carbocycles. The molecule has 3 aromatic rings. The summed E-state index contributed by atoms with van der Waals surface area (Å²) in [6, 6.07) is 14.7. The van der Waals surface area contributed by atoms with Crippen LogP contribution in [0.15, 0.2) is 59.8 Å². The quantitative estimate of drug-likeness (QED) is 0.487. The minimum absolute atomic E-state index is 0.269. The lowest BCUT2D eigenvalue weighted by Gasteiger charge is -2.11. The number of benzene rings is 2. The molecule has 0 saturated heterocycles. The van der Waals surface area contributed by atoms with Crippen LogP contribution in [-0.2, 0) is 6.54 Å². The number of nitrogens with zero attached hydrogens (tertiary/aromatic N) is 4. The van der Waals surface area contributed by atoms with Gasteiger partial charge in [0.05, 0.1) is 12.8 Å². The van der Waals surface area contributed by atoms with Crippen LogP contribution in [0.1, 0.15) is 21.6 Å². The third-order valence-electron chi connectivity index (χ3n) is 4.01. The molecule has 0 aliphatic carbocycles. The van der Waals surface area contributed by atoms with E-state index in [4.69, 9.17) is 23.2 Å². The molecule has 1 amide bonds. The number of nitrogens with one attached hydrogen (secondary N) is 1. The number of carbonyl (C=O) groups is 1. The maximum absolute atomic E-state index is 12.2. The SMILES string of the molecule is CN(C)c1ccc(/C=N/NC(=O)c2ccn(Cc3ccc(Cl)cc3Cl)n2)cc1. The summed E-state index contributed by atoms with van der Waals surface area (Å²) in [4.78, 5) is 14.2. The van der Waals surface area contributed by atoms with Gasteiger partial charge in [0, 0.05) is 36.0 Å². The van der Waals surface area contributed by atoms with Gasteiger partial charge in [0.2, 0.25) is 0 Å². The van der Waals surface area contributed by atoms with E-state index in [1.807, 2.05) is 49.3 Å². The fraction of sp³-hybridized carbons (Fsp3) is 0.150. The van der Waals surface area contributed by atoms with Crippen molar-refractivity contribution < 1.29 is 4.79 Å². The van der Waals surface area contributed by atoms with Gasteiger partial charge in [0.1, 0.15) is 0 Å². The zero-order chi connectivity index (χ0) is 20.1. The van der Waals surface area contributed by atoms with Gasteiger partial charge in [-0.15, -0.1) is 0 Å². The number of halogens is 2. The van der Waals surface area contributed by atoms with Crippen LogP contribution in [0.2, 0.25) is 10.0 Å². The molecule has 0 atom stereocenters. The lowest BCUT2D eigenvalue weighted by molar-refractivity contribution is 0.0949. The normalized spacial score (nSPS) is 11.0. The second-order valence-electron chi connectivity index (χ2n) is 6.32. The first-order valence-corrected chi connectivity index (χ1v) is 9.26. The van der Waals surface area contributed by atoms with E-state index in [1.54, 1.807) is 35.3 Å². The van der Waals surface area contributed by atoms with Gasteiger partial charge in [0.25, 0.3) is 5.91 Å². The Labute approximate surface area is 173 Å². The molecule has 0 unspecified atom stereocenters. The Bertz CT molecular complexity index is 996. The molecular formula is C20H19Cl2N5O. The molecule has 8 heteroatoms. The summed E-state index contributed by atoms with van der Waals surface area (Å²) < 4.78 is 1.63. The predicted molar refractivity (Wildman–Crippen MR) is 114 cm³/mol. The molecule has 6 nitrogen and oxygen atoms in total. The van der Waals surface area contributed by atoms with Crippen LogP contribution in [0.5, 0.6) is 0 Å². The minimum atomic E-state index is -0.387. The molecule has 0 fully saturated rings. The largest absolute Gasteiger partial charge is 0.378 e. The van der Waals surface area contributed by atoms with Gasteiger partial charge in [-0.05, 0) is 41.5 Å². The molecule has 3 rings (SSSR count). The summed E-state index contributed by atoms with van der Waals surface area (Å²) in [6.45, 7) is 0.435. The van der Waals surface area contributed by atoms with Crippen molar-refractivity contribution in [3.05, 3.63) is 81.6 Å². The van der Waals surface area contributed by atoms with E-state index in [0.717, 1.165) is 16.8 Å². The molecule has 0 radical (unpaired) electrons. The van der Waals surface area contributed by atoms with Gasteiger partial charge < -0.3 is 4.90 Å². The summed E-state index contributed by atoms with van der Waals surface area (Å²) >= 11 is 12.1. The number of anilines is 1. The van der Waals surface area contributed by atoms with Gasteiger partial charge in [-0.25, -0.2) is 5.43 Å². The molecule has 144 valence electrons. The Morgan fingerprint density at radius 2 is 1.93 bits per heavy atom. The summed E-state index contributed by atoms with van der Waals surface area (Å²) in [6.07, 6.45) is 3.30. The van der Waals surface area contributed by atoms with Crippen LogP contribution in [0.3, 0.4) is 0 Å². The number of aromatic nitrogens is 2. The Hall–Kier alpha value is -2.83. The van der Waals surface area contributed by atoms with Crippen LogP contribution < -0.4 is 10.3 Å². The number of amides is 1. The third kappa shape index (κ3) is 5.12. The lowest BCUT2D eigenvalue weighted by atomic mass is 10.2. The van der Waals surface area contributed by atoms with E-state index >= 15 is 0 Å². The number of hydrogen-bond donors (Lipinski definition) is 1. The van der Waals surface area contributed by atoms with Gasteiger partial charge in [-0.1, -0.05) is 41.4 Å². The average molecular weight is 416 g/mol. The molecule has 1 N–H and O–H groups in total. The van der Waals surface area contributed by atoms with Crippen molar-refractivity contribution in [1.29, 1.82) is 0 Å². The maximum Gasteiger partial charge on any atom is 0.291 e. The topological polar surface area (TPSA) is 62.5 Å². The van der Waals surface area contributed by atoms with Crippen molar-refractivity contribution in [3.63, 3.8) is 0 Å². The van der Waals surface area contributed by atoms with Crippen molar-refractivity contribution in [1.82, 2.24) is 15.2 Å². The summed E-state index contributed by atoms with van der Waals surface area (Å²) in [5.41, 5.74) is 5.59. The van der Waals surface area contributed by atoms with Gasteiger partial charge in [-0.2, -0.15) is 10.2 Å². The molecule has 28 heavy (non-hydrogen) atoms. The summed E-state index contributed by atoms with van der Waals surface area (Å²) in [5, 5.41) is 9.37. The van der Waals surface area contributed by atoms with Crippen molar-refractivity contribution in [3.8, 4) is 0 Å². The molecule has 0 aliphatic heterocycles. The Balaban J connectivity index is 1.59. The van der Waals surface area contributed by atoms with E-state index in [9.17, 15) is 4.79 Å². The summed E-state index contributed by atoms with van der Waals surface area (Å²) in [7, 11) is 3.95. The highest BCUT2D eigenvalue weighted by molar-refractivity contribution is 6.35. The van der Waals surface area contributed by atoms with Crippen LogP contribution in [0.25, 0.3) is 0 Å². The monoisotopic (exact) mass is 415 g/mol. The van der Waals surface area contributed by atoms with Gasteiger partial charge >= 0.3 is 0 Å².